The van der Waals surface area contributed by atoms with Crippen molar-refractivity contribution in [3.05, 3.63) is 70.3 Å². The smallest absolute Gasteiger partial charge is 0.305 e. The number of nitrogens with one attached hydrogen (secondary N) is 2. The first-order chi connectivity index (χ1) is 13.9. The first kappa shape index (κ1) is 20.6. The van der Waals surface area contributed by atoms with Gasteiger partial charge in [-0.05, 0) is 29.8 Å². The van der Waals surface area contributed by atoms with Crippen molar-refractivity contribution >= 4 is 44.6 Å². The van der Waals surface area contributed by atoms with Gasteiger partial charge in [0.1, 0.15) is 5.69 Å². The molecule has 3 rings (SSSR count). The lowest BCUT2D eigenvalue weighted by Crippen LogP contribution is -2.40. The number of para-hydroxylation sites is 1. The number of carboxylic acid groups (broad SMARTS) is 1. The number of amides is 2. The van der Waals surface area contributed by atoms with E-state index in [-0.39, 0.29) is 32.0 Å². The van der Waals surface area contributed by atoms with Crippen LogP contribution in [-0.2, 0) is 16.1 Å². The van der Waals surface area contributed by atoms with Crippen LogP contribution in [0.2, 0.25) is 0 Å². The second-order valence-electron chi connectivity index (χ2n) is 6.54. The molecule has 2 aromatic carbocycles. The highest BCUT2D eigenvalue weighted by molar-refractivity contribution is 9.10. The van der Waals surface area contributed by atoms with E-state index in [0.29, 0.717) is 5.69 Å². The molecule has 0 saturated heterocycles. The van der Waals surface area contributed by atoms with E-state index in [2.05, 4.69) is 26.2 Å². The van der Waals surface area contributed by atoms with Crippen LogP contribution in [-0.4, -0.2) is 45.9 Å². The first-order valence-electron chi connectivity index (χ1n) is 9.02. The Kier molecular flexibility index (Phi) is 6.66. The zero-order chi connectivity index (χ0) is 20.8. The molecule has 0 aliphatic heterocycles. The number of carbonyl (C=O) groups is 3. The molecule has 150 valence electrons. The molecule has 8 heteroatoms. The van der Waals surface area contributed by atoms with Crippen molar-refractivity contribution in [2.45, 2.75) is 13.0 Å². The van der Waals surface area contributed by atoms with E-state index < -0.39 is 11.9 Å². The number of halogens is 1. The van der Waals surface area contributed by atoms with Gasteiger partial charge in [0.05, 0.1) is 13.0 Å². The molecular formula is C21H20BrN3O4. The summed E-state index contributed by atoms with van der Waals surface area (Å²) in [4.78, 5) is 40.4. The fraction of sp³-hybridized carbons (Fsp3) is 0.190. The molecular weight excluding hydrogens is 438 g/mol. The van der Waals surface area contributed by atoms with Crippen molar-refractivity contribution in [2.75, 3.05) is 13.1 Å². The number of aliphatic carboxylic acids is 1. The van der Waals surface area contributed by atoms with Gasteiger partial charge in [0.2, 0.25) is 5.91 Å². The molecule has 2 amide bonds. The topological polar surface area (TPSA) is 102 Å². The van der Waals surface area contributed by atoms with Gasteiger partial charge in [-0.1, -0.05) is 46.3 Å². The Labute approximate surface area is 175 Å². The number of aromatic amines is 1. The molecule has 0 radical (unpaired) electrons. The summed E-state index contributed by atoms with van der Waals surface area (Å²) in [7, 11) is 0. The van der Waals surface area contributed by atoms with Gasteiger partial charge in [0.15, 0.2) is 0 Å². The maximum absolute atomic E-state index is 12.6. The molecule has 0 aliphatic rings. The van der Waals surface area contributed by atoms with E-state index in [1.54, 1.807) is 6.07 Å². The zero-order valence-electron chi connectivity index (χ0n) is 15.5. The average Bonchev–Trinajstić information content (AvgIpc) is 3.13. The van der Waals surface area contributed by atoms with Gasteiger partial charge in [0.25, 0.3) is 5.91 Å². The molecule has 1 heterocycles. The average molecular weight is 458 g/mol. The summed E-state index contributed by atoms with van der Waals surface area (Å²) in [6.07, 6.45) is -0.171. The summed E-state index contributed by atoms with van der Waals surface area (Å²) >= 11 is 3.38. The molecule has 0 bridgehead atoms. The lowest BCUT2D eigenvalue weighted by molar-refractivity contribution is -0.138. The van der Waals surface area contributed by atoms with Gasteiger partial charge in [-0.15, -0.1) is 0 Å². The van der Waals surface area contributed by atoms with Crippen molar-refractivity contribution < 1.29 is 19.5 Å². The van der Waals surface area contributed by atoms with Crippen LogP contribution in [0.3, 0.4) is 0 Å². The van der Waals surface area contributed by atoms with Crippen LogP contribution in [0.5, 0.6) is 0 Å². The zero-order valence-corrected chi connectivity index (χ0v) is 17.1. The highest BCUT2D eigenvalue weighted by Crippen LogP contribution is 2.15. The van der Waals surface area contributed by atoms with Gasteiger partial charge in [-0.2, -0.15) is 0 Å². The summed E-state index contributed by atoms with van der Waals surface area (Å²) in [5.74, 6) is -1.73. The third kappa shape index (κ3) is 5.68. The van der Waals surface area contributed by atoms with Gasteiger partial charge >= 0.3 is 5.97 Å². The Morgan fingerprint density at radius 1 is 1.07 bits per heavy atom. The van der Waals surface area contributed by atoms with E-state index in [4.69, 9.17) is 5.11 Å². The molecule has 3 N–H and O–H groups in total. The molecule has 3 aromatic rings. The van der Waals surface area contributed by atoms with Crippen molar-refractivity contribution in [1.29, 1.82) is 0 Å². The van der Waals surface area contributed by atoms with Crippen LogP contribution >= 0.6 is 15.9 Å². The number of hydrogen-bond acceptors (Lipinski definition) is 3. The first-order valence-corrected chi connectivity index (χ1v) is 9.81. The minimum Gasteiger partial charge on any atom is -0.481 e. The molecule has 0 aliphatic carbocycles. The summed E-state index contributed by atoms with van der Waals surface area (Å²) < 4.78 is 0.868. The fourth-order valence-electron chi connectivity index (χ4n) is 2.94. The molecule has 0 unspecified atom stereocenters. The SMILES string of the molecule is O=C(O)CCN(Cc1cccc(Br)c1)C(=O)CNC(=O)c1cc2ccccc2[nH]1. The highest BCUT2D eigenvalue weighted by Gasteiger charge is 2.17. The van der Waals surface area contributed by atoms with Crippen molar-refractivity contribution in [2.24, 2.45) is 0 Å². The largest absolute Gasteiger partial charge is 0.481 e. The van der Waals surface area contributed by atoms with E-state index in [1.807, 2.05) is 48.5 Å². The second-order valence-corrected chi connectivity index (χ2v) is 7.46. The van der Waals surface area contributed by atoms with E-state index in [1.165, 1.54) is 4.90 Å². The third-order valence-corrected chi connectivity index (χ3v) is 4.88. The molecule has 0 spiro atoms. The molecule has 0 saturated carbocycles. The van der Waals surface area contributed by atoms with E-state index >= 15 is 0 Å². The number of rotatable bonds is 8. The number of aromatic nitrogens is 1. The Hall–Kier alpha value is -3.13. The van der Waals surface area contributed by atoms with Crippen LogP contribution in [0.25, 0.3) is 10.9 Å². The number of H-pyrrole nitrogens is 1. The van der Waals surface area contributed by atoms with Crippen molar-refractivity contribution in [3.8, 4) is 0 Å². The summed E-state index contributed by atoms with van der Waals surface area (Å²) in [5, 5.41) is 12.5. The maximum Gasteiger partial charge on any atom is 0.305 e. The minimum absolute atomic E-state index is 0.0585. The maximum atomic E-state index is 12.6. The van der Waals surface area contributed by atoms with Gasteiger partial charge in [-0.25, -0.2) is 0 Å². The Bertz CT molecular complexity index is 1010. The molecule has 0 atom stereocenters. The van der Waals surface area contributed by atoms with Gasteiger partial charge in [0, 0.05) is 28.5 Å². The number of fused-ring (bicyclic) bond motifs is 1. The van der Waals surface area contributed by atoms with Crippen LogP contribution in [0.4, 0.5) is 0 Å². The monoisotopic (exact) mass is 457 g/mol. The Morgan fingerprint density at radius 3 is 2.59 bits per heavy atom. The quantitative estimate of drug-likeness (QED) is 0.483. The lowest BCUT2D eigenvalue weighted by Gasteiger charge is -2.22. The highest BCUT2D eigenvalue weighted by atomic mass is 79.9. The fourth-order valence-corrected chi connectivity index (χ4v) is 3.38. The van der Waals surface area contributed by atoms with Crippen LogP contribution in [0.15, 0.2) is 59.1 Å². The standard InChI is InChI=1S/C21H20BrN3O4/c22-16-6-3-4-14(10-16)13-25(9-8-20(27)28)19(26)12-23-21(29)18-11-15-5-1-2-7-17(15)24-18/h1-7,10-11,24H,8-9,12-13H2,(H,23,29)(H,27,28). The normalized spacial score (nSPS) is 10.7. The summed E-state index contributed by atoms with van der Waals surface area (Å²) in [6.45, 7) is 0.0958. The summed E-state index contributed by atoms with van der Waals surface area (Å²) in [5.41, 5.74) is 2.06. The number of benzene rings is 2. The van der Waals surface area contributed by atoms with Crippen molar-refractivity contribution in [1.82, 2.24) is 15.2 Å². The molecule has 1 aromatic heterocycles. The third-order valence-electron chi connectivity index (χ3n) is 4.39. The number of carbonyl (C=O) groups excluding carboxylic acids is 2. The Morgan fingerprint density at radius 2 is 1.86 bits per heavy atom. The predicted molar refractivity (Wildman–Crippen MR) is 112 cm³/mol. The van der Waals surface area contributed by atoms with Crippen LogP contribution in [0.1, 0.15) is 22.5 Å². The minimum atomic E-state index is -0.987. The lowest BCUT2D eigenvalue weighted by atomic mass is 10.2. The molecule has 0 fully saturated rings. The van der Waals surface area contributed by atoms with Crippen molar-refractivity contribution in [3.63, 3.8) is 0 Å². The predicted octanol–water partition coefficient (Wildman–Crippen LogP) is 3.16. The Balaban J connectivity index is 1.64. The van der Waals surface area contributed by atoms with Crippen LogP contribution < -0.4 is 5.32 Å². The van der Waals surface area contributed by atoms with E-state index in [0.717, 1.165) is 20.9 Å². The molecule has 29 heavy (non-hydrogen) atoms. The van der Waals surface area contributed by atoms with Gasteiger partial charge in [-0.3, -0.25) is 14.4 Å². The molecule has 7 nitrogen and oxygen atoms in total. The van der Waals surface area contributed by atoms with Crippen LogP contribution in [0, 0.1) is 0 Å². The number of hydrogen-bond donors (Lipinski definition) is 3. The summed E-state index contributed by atoms with van der Waals surface area (Å²) in [6, 6.07) is 16.7. The number of nitrogens with zero attached hydrogens (tertiary/aromatic N) is 1. The van der Waals surface area contributed by atoms with E-state index in [9.17, 15) is 14.4 Å². The second kappa shape index (κ2) is 9.38. The van der Waals surface area contributed by atoms with Gasteiger partial charge < -0.3 is 20.3 Å². The number of carboxylic acids is 1.